The van der Waals surface area contributed by atoms with Gasteiger partial charge in [0.25, 0.3) is 0 Å². The van der Waals surface area contributed by atoms with Gasteiger partial charge in [-0.1, -0.05) is 33.1 Å². The molecule has 1 saturated carbocycles. The second-order valence-electron chi connectivity index (χ2n) is 6.01. The fourth-order valence-electron chi connectivity index (χ4n) is 2.61. The molecule has 0 amide bonds. The maximum atomic E-state index is 6.26. The molecule has 2 atom stereocenters. The first-order valence-corrected chi connectivity index (χ1v) is 7.03. The molecular formula is C14H30N2. The minimum absolute atomic E-state index is 0.448. The van der Waals surface area contributed by atoms with Crippen molar-refractivity contribution in [2.24, 2.45) is 17.6 Å². The molecule has 2 heteroatoms. The van der Waals surface area contributed by atoms with Crippen LogP contribution in [0.4, 0.5) is 0 Å². The van der Waals surface area contributed by atoms with E-state index in [4.69, 9.17) is 5.73 Å². The van der Waals surface area contributed by atoms with E-state index in [1.807, 2.05) is 0 Å². The number of nitrogens with zero attached hydrogens (tertiary/aromatic N) is 1. The lowest BCUT2D eigenvalue weighted by Gasteiger charge is -2.27. The number of rotatable bonds is 5. The smallest absolute Gasteiger partial charge is 0.00793 e. The second-order valence-corrected chi connectivity index (χ2v) is 6.01. The minimum Gasteiger partial charge on any atom is -0.327 e. The highest BCUT2D eigenvalue weighted by molar-refractivity contribution is 4.78. The van der Waals surface area contributed by atoms with Crippen molar-refractivity contribution >= 4 is 0 Å². The summed E-state index contributed by atoms with van der Waals surface area (Å²) in [5.74, 6) is 1.55. The van der Waals surface area contributed by atoms with Crippen LogP contribution >= 0.6 is 0 Å². The normalized spacial score (nSPS) is 27.4. The molecule has 0 saturated heterocycles. The van der Waals surface area contributed by atoms with Crippen LogP contribution < -0.4 is 5.73 Å². The standard InChI is InChI=1S/C14H30N2/c1-12(2)9-10-16(3)11-13-7-5-4-6-8-14(13)15/h12-14H,4-11,15H2,1-3H3. The molecule has 1 aliphatic carbocycles. The van der Waals surface area contributed by atoms with E-state index >= 15 is 0 Å². The first-order chi connectivity index (χ1) is 7.59. The third kappa shape index (κ3) is 5.31. The Morgan fingerprint density at radius 2 is 1.88 bits per heavy atom. The molecule has 0 bridgehead atoms. The van der Waals surface area contributed by atoms with Crippen LogP contribution in [0.2, 0.25) is 0 Å². The summed E-state index contributed by atoms with van der Waals surface area (Å²) in [5, 5.41) is 0. The third-order valence-electron chi connectivity index (χ3n) is 3.85. The Kier molecular flexibility index (Phi) is 6.37. The molecule has 0 radical (unpaired) electrons. The summed E-state index contributed by atoms with van der Waals surface area (Å²) < 4.78 is 0. The van der Waals surface area contributed by atoms with Gasteiger partial charge in [-0.3, -0.25) is 0 Å². The van der Waals surface area contributed by atoms with E-state index in [9.17, 15) is 0 Å². The minimum atomic E-state index is 0.448. The van der Waals surface area contributed by atoms with Gasteiger partial charge in [-0.25, -0.2) is 0 Å². The topological polar surface area (TPSA) is 29.3 Å². The van der Waals surface area contributed by atoms with Crippen LogP contribution in [-0.4, -0.2) is 31.1 Å². The van der Waals surface area contributed by atoms with E-state index < -0.39 is 0 Å². The highest BCUT2D eigenvalue weighted by atomic mass is 15.1. The Bertz CT molecular complexity index is 180. The van der Waals surface area contributed by atoms with Crippen LogP contribution in [0.5, 0.6) is 0 Å². The number of nitrogens with two attached hydrogens (primary N) is 1. The Hall–Kier alpha value is -0.0800. The highest BCUT2D eigenvalue weighted by Gasteiger charge is 2.21. The molecule has 0 aromatic rings. The number of hydrogen-bond acceptors (Lipinski definition) is 2. The maximum absolute atomic E-state index is 6.26. The summed E-state index contributed by atoms with van der Waals surface area (Å²) in [5.41, 5.74) is 6.26. The van der Waals surface area contributed by atoms with Crippen LogP contribution in [0.3, 0.4) is 0 Å². The van der Waals surface area contributed by atoms with Gasteiger partial charge in [0.05, 0.1) is 0 Å². The fraction of sp³-hybridized carbons (Fsp3) is 1.00. The first kappa shape index (κ1) is 14.0. The van der Waals surface area contributed by atoms with Crippen molar-refractivity contribution in [3.63, 3.8) is 0 Å². The predicted octanol–water partition coefficient (Wildman–Crippen LogP) is 2.87. The van der Waals surface area contributed by atoms with Gasteiger partial charge in [0.2, 0.25) is 0 Å². The van der Waals surface area contributed by atoms with E-state index in [0.29, 0.717) is 6.04 Å². The molecule has 0 aromatic heterocycles. The molecule has 0 heterocycles. The number of hydrogen-bond donors (Lipinski definition) is 1. The fourth-order valence-corrected chi connectivity index (χ4v) is 2.61. The van der Waals surface area contributed by atoms with Gasteiger partial charge in [0.15, 0.2) is 0 Å². The Morgan fingerprint density at radius 3 is 2.56 bits per heavy atom. The zero-order valence-electron chi connectivity index (χ0n) is 11.4. The van der Waals surface area contributed by atoms with Crippen molar-refractivity contribution in [2.75, 3.05) is 20.1 Å². The van der Waals surface area contributed by atoms with Gasteiger partial charge in [-0.05, 0) is 44.7 Å². The van der Waals surface area contributed by atoms with E-state index in [-0.39, 0.29) is 0 Å². The van der Waals surface area contributed by atoms with E-state index in [0.717, 1.165) is 11.8 Å². The lowest BCUT2D eigenvalue weighted by Crippen LogP contribution is -2.37. The quantitative estimate of drug-likeness (QED) is 0.730. The molecule has 1 rings (SSSR count). The summed E-state index contributed by atoms with van der Waals surface area (Å²) in [4.78, 5) is 2.48. The van der Waals surface area contributed by atoms with Gasteiger partial charge < -0.3 is 10.6 Å². The van der Waals surface area contributed by atoms with E-state index in [1.54, 1.807) is 0 Å². The average molecular weight is 226 g/mol. The molecule has 1 aliphatic rings. The van der Waals surface area contributed by atoms with Crippen molar-refractivity contribution in [2.45, 2.75) is 58.4 Å². The van der Waals surface area contributed by atoms with Crippen molar-refractivity contribution in [1.29, 1.82) is 0 Å². The monoisotopic (exact) mass is 226 g/mol. The van der Waals surface area contributed by atoms with Crippen LogP contribution in [0, 0.1) is 11.8 Å². The molecule has 96 valence electrons. The zero-order chi connectivity index (χ0) is 12.0. The van der Waals surface area contributed by atoms with Gasteiger partial charge in [-0.15, -0.1) is 0 Å². The van der Waals surface area contributed by atoms with Crippen LogP contribution in [0.25, 0.3) is 0 Å². The SMILES string of the molecule is CC(C)CCN(C)CC1CCCCCC1N. The lowest BCUT2D eigenvalue weighted by molar-refractivity contribution is 0.233. The molecule has 2 nitrogen and oxygen atoms in total. The average Bonchev–Trinajstić information content (AvgIpc) is 2.42. The van der Waals surface area contributed by atoms with Crippen molar-refractivity contribution < 1.29 is 0 Å². The molecule has 0 spiro atoms. The van der Waals surface area contributed by atoms with Crippen LogP contribution in [-0.2, 0) is 0 Å². The van der Waals surface area contributed by atoms with Crippen molar-refractivity contribution in [3.05, 3.63) is 0 Å². The molecule has 1 fully saturated rings. The van der Waals surface area contributed by atoms with E-state index in [2.05, 4.69) is 25.8 Å². The molecule has 16 heavy (non-hydrogen) atoms. The molecule has 0 aliphatic heterocycles. The largest absolute Gasteiger partial charge is 0.327 e. The van der Waals surface area contributed by atoms with Gasteiger partial charge in [0.1, 0.15) is 0 Å². The molecule has 2 N–H and O–H groups in total. The van der Waals surface area contributed by atoms with Gasteiger partial charge in [0, 0.05) is 12.6 Å². The lowest BCUT2D eigenvalue weighted by atomic mass is 9.95. The Morgan fingerprint density at radius 1 is 1.19 bits per heavy atom. The summed E-state index contributed by atoms with van der Waals surface area (Å²) in [7, 11) is 2.25. The van der Waals surface area contributed by atoms with Crippen molar-refractivity contribution in [3.8, 4) is 0 Å². The summed E-state index contributed by atoms with van der Waals surface area (Å²) in [6, 6.07) is 0.448. The molecule has 0 aromatic carbocycles. The van der Waals surface area contributed by atoms with Crippen molar-refractivity contribution in [1.82, 2.24) is 4.90 Å². The molecular weight excluding hydrogens is 196 g/mol. The van der Waals surface area contributed by atoms with E-state index in [1.165, 1.54) is 51.6 Å². The summed E-state index contributed by atoms with van der Waals surface area (Å²) >= 11 is 0. The first-order valence-electron chi connectivity index (χ1n) is 7.03. The predicted molar refractivity (Wildman–Crippen MR) is 71.5 cm³/mol. The summed E-state index contributed by atoms with van der Waals surface area (Å²) in [6.45, 7) is 7.02. The van der Waals surface area contributed by atoms with Crippen LogP contribution in [0.1, 0.15) is 52.4 Å². The Balaban J connectivity index is 2.27. The highest BCUT2D eigenvalue weighted by Crippen LogP contribution is 2.22. The zero-order valence-corrected chi connectivity index (χ0v) is 11.4. The molecule has 2 unspecified atom stereocenters. The second kappa shape index (κ2) is 7.29. The van der Waals surface area contributed by atoms with Gasteiger partial charge >= 0.3 is 0 Å². The van der Waals surface area contributed by atoms with Crippen LogP contribution in [0.15, 0.2) is 0 Å². The maximum Gasteiger partial charge on any atom is 0.00793 e. The van der Waals surface area contributed by atoms with Gasteiger partial charge in [-0.2, -0.15) is 0 Å². The summed E-state index contributed by atoms with van der Waals surface area (Å²) in [6.07, 6.45) is 8.00. The Labute approximate surface area is 102 Å². The third-order valence-corrected chi connectivity index (χ3v) is 3.85.